The Kier molecular flexibility index (Phi) is 2.99. The molecule has 0 radical (unpaired) electrons. The van der Waals surface area contributed by atoms with Crippen molar-refractivity contribution in [2.24, 2.45) is 7.05 Å². The van der Waals surface area contributed by atoms with Crippen LogP contribution in [0.2, 0.25) is 5.02 Å². The second-order valence-electron chi connectivity index (χ2n) is 4.67. The molecular weight excluding hydrogens is 274 g/mol. The van der Waals surface area contributed by atoms with E-state index in [9.17, 15) is 0 Å². The van der Waals surface area contributed by atoms with Crippen LogP contribution in [0.25, 0.3) is 22.4 Å². The summed E-state index contributed by atoms with van der Waals surface area (Å²) in [6.07, 6.45) is 1.94. The Morgan fingerprint density at radius 2 is 2.15 bits per heavy atom. The van der Waals surface area contributed by atoms with E-state index in [0.29, 0.717) is 10.8 Å². The van der Waals surface area contributed by atoms with Crippen molar-refractivity contribution in [2.45, 2.75) is 6.92 Å². The van der Waals surface area contributed by atoms with Crippen LogP contribution in [0.4, 0.5) is 5.82 Å². The summed E-state index contributed by atoms with van der Waals surface area (Å²) < 4.78 is 1.77. The topological polar surface area (TPSA) is 72.5 Å². The summed E-state index contributed by atoms with van der Waals surface area (Å²) in [6, 6.07) is 7.56. The number of rotatable bonds is 2. The standard InChI is InChI=1S/C14H14ClN5/c1-8-11(7-20(2)19-8)13-12(14(16)18-17-13)9-4-3-5-10(15)6-9/h3-7H,1-2H3,(H3,16,17,18). The third-order valence-electron chi connectivity index (χ3n) is 3.19. The fraction of sp³-hybridized carbons (Fsp3) is 0.143. The van der Waals surface area contributed by atoms with E-state index in [-0.39, 0.29) is 0 Å². The number of nitrogen functional groups attached to an aromatic ring is 1. The summed E-state index contributed by atoms with van der Waals surface area (Å²) in [5, 5.41) is 12.1. The first-order valence-electron chi connectivity index (χ1n) is 6.16. The summed E-state index contributed by atoms with van der Waals surface area (Å²) in [6.45, 7) is 1.95. The Morgan fingerprint density at radius 3 is 2.80 bits per heavy atom. The molecule has 0 bridgehead atoms. The van der Waals surface area contributed by atoms with Crippen LogP contribution in [0, 0.1) is 6.92 Å². The van der Waals surface area contributed by atoms with Crippen LogP contribution in [0.5, 0.6) is 0 Å². The van der Waals surface area contributed by atoms with Crippen LogP contribution >= 0.6 is 11.6 Å². The molecule has 5 nitrogen and oxygen atoms in total. The Balaban J connectivity index is 2.22. The van der Waals surface area contributed by atoms with E-state index in [1.54, 1.807) is 4.68 Å². The predicted octanol–water partition coefficient (Wildman–Crippen LogP) is 3.02. The Labute approximate surface area is 121 Å². The lowest BCUT2D eigenvalue weighted by Gasteiger charge is -2.04. The number of halogens is 1. The maximum atomic E-state index is 6.06. The summed E-state index contributed by atoms with van der Waals surface area (Å²) >= 11 is 6.06. The summed E-state index contributed by atoms with van der Waals surface area (Å²) in [4.78, 5) is 0. The van der Waals surface area contributed by atoms with Crippen molar-refractivity contribution in [1.29, 1.82) is 0 Å². The molecule has 3 aromatic rings. The lowest BCUT2D eigenvalue weighted by atomic mass is 10.0. The first-order chi connectivity index (χ1) is 9.56. The molecule has 0 saturated carbocycles. The molecule has 102 valence electrons. The van der Waals surface area contributed by atoms with Gasteiger partial charge in [-0.3, -0.25) is 9.78 Å². The molecule has 3 N–H and O–H groups in total. The summed E-state index contributed by atoms with van der Waals surface area (Å²) in [5.41, 5.74) is 10.5. The SMILES string of the molecule is Cc1nn(C)cc1-c1[nH]nc(N)c1-c1cccc(Cl)c1. The van der Waals surface area contributed by atoms with Gasteiger partial charge in [0.1, 0.15) is 0 Å². The number of nitrogens with one attached hydrogen (secondary N) is 1. The maximum Gasteiger partial charge on any atom is 0.153 e. The smallest absolute Gasteiger partial charge is 0.153 e. The highest BCUT2D eigenvalue weighted by Gasteiger charge is 2.18. The van der Waals surface area contributed by atoms with Gasteiger partial charge in [-0.05, 0) is 24.6 Å². The molecule has 0 aliphatic heterocycles. The van der Waals surface area contributed by atoms with Gasteiger partial charge >= 0.3 is 0 Å². The molecule has 0 saturated heterocycles. The zero-order valence-corrected chi connectivity index (χ0v) is 11.9. The van der Waals surface area contributed by atoms with E-state index in [1.807, 2.05) is 44.4 Å². The van der Waals surface area contributed by atoms with Gasteiger partial charge in [0.25, 0.3) is 0 Å². The van der Waals surface area contributed by atoms with Crippen LogP contribution in [0.15, 0.2) is 30.5 Å². The van der Waals surface area contributed by atoms with Crippen molar-refractivity contribution in [3.8, 4) is 22.4 Å². The van der Waals surface area contributed by atoms with Crippen molar-refractivity contribution in [2.75, 3.05) is 5.73 Å². The van der Waals surface area contributed by atoms with Gasteiger partial charge in [0.15, 0.2) is 5.82 Å². The molecule has 0 atom stereocenters. The van der Waals surface area contributed by atoms with E-state index >= 15 is 0 Å². The normalized spacial score (nSPS) is 10.9. The van der Waals surface area contributed by atoms with Gasteiger partial charge in [-0.2, -0.15) is 10.2 Å². The highest BCUT2D eigenvalue weighted by molar-refractivity contribution is 6.30. The van der Waals surface area contributed by atoms with Crippen molar-refractivity contribution < 1.29 is 0 Å². The van der Waals surface area contributed by atoms with Crippen LogP contribution in [-0.4, -0.2) is 20.0 Å². The number of aromatic amines is 1. The third kappa shape index (κ3) is 2.06. The quantitative estimate of drug-likeness (QED) is 0.761. The van der Waals surface area contributed by atoms with E-state index in [0.717, 1.165) is 28.1 Å². The van der Waals surface area contributed by atoms with Crippen molar-refractivity contribution in [1.82, 2.24) is 20.0 Å². The molecular formula is C14H14ClN5. The largest absolute Gasteiger partial charge is 0.382 e. The number of hydrogen-bond donors (Lipinski definition) is 2. The minimum atomic E-state index is 0.450. The van der Waals surface area contributed by atoms with E-state index in [2.05, 4.69) is 15.3 Å². The van der Waals surface area contributed by atoms with Gasteiger partial charge < -0.3 is 5.73 Å². The van der Waals surface area contributed by atoms with E-state index in [4.69, 9.17) is 17.3 Å². The minimum Gasteiger partial charge on any atom is -0.382 e. The zero-order valence-electron chi connectivity index (χ0n) is 11.2. The molecule has 2 aromatic heterocycles. The van der Waals surface area contributed by atoms with Gasteiger partial charge in [0, 0.05) is 23.8 Å². The van der Waals surface area contributed by atoms with Crippen LogP contribution in [0.1, 0.15) is 5.69 Å². The fourth-order valence-corrected chi connectivity index (χ4v) is 2.52. The zero-order chi connectivity index (χ0) is 14.3. The highest BCUT2D eigenvalue weighted by atomic mass is 35.5. The fourth-order valence-electron chi connectivity index (χ4n) is 2.33. The molecule has 0 aliphatic carbocycles. The van der Waals surface area contributed by atoms with Gasteiger partial charge in [-0.25, -0.2) is 0 Å². The average Bonchev–Trinajstić information content (AvgIpc) is 2.92. The number of hydrogen-bond acceptors (Lipinski definition) is 3. The number of aryl methyl sites for hydroxylation is 2. The van der Waals surface area contributed by atoms with Crippen LogP contribution in [0.3, 0.4) is 0 Å². The second kappa shape index (κ2) is 4.68. The van der Waals surface area contributed by atoms with Gasteiger partial charge in [0.2, 0.25) is 0 Å². The predicted molar refractivity (Wildman–Crippen MR) is 80.4 cm³/mol. The number of anilines is 1. The summed E-state index contributed by atoms with van der Waals surface area (Å²) in [5.74, 6) is 0.450. The highest BCUT2D eigenvalue weighted by Crippen LogP contribution is 2.36. The first kappa shape index (κ1) is 12.7. The van der Waals surface area contributed by atoms with Gasteiger partial charge in [-0.15, -0.1) is 0 Å². The Morgan fingerprint density at radius 1 is 1.35 bits per heavy atom. The van der Waals surface area contributed by atoms with Gasteiger partial charge in [-0.1, -0.05) is 23.7 Å². The van der Waals surface area contributed by atoms with Crippen molar-refractivity contribution in [3.05, 3.63) is 41.2 Å². The number of nitrogens with zero attached hydrogens (tertiary/aromatic N) is 3. The second-order valence-corrected chi connectivity index (χ2v) is 5.11. The molecule has 0 aliphatic rings. The third-order valence-corrected chi connectivity index (χ3v) is 3.43. The molecule has 6 heteroatoms. The monoisotopic (exact) mass is 287 g/mol. The molecule has 2 heterocycles. The number of aromatic nitrogens is 4. The molecule has 0 amide bonds. The van der Waals surface area contributed by atoms with Crippen LogP contribution < -0.4 is 5.73 Å². The Hall–Kier alpha value is -2.27. The molecule has 20 heavy (non-hydrogen) atoms. The summed E-state index contributed by atoms with van der Waals surface area (Å²) in [7, 11) is 1.88. The first-order valence-corrected chi connectivity index (χ1v) is 6.54. The average molecular weight is 288 g/mol. The van der Waals surface area contributed by atoms with Crippen molar-refractivity contribution in [3.63, 3.8) is 0 Å². The van der Waals surface area contributed by atoms with Crippen molar-refractivity contribution >= 4 is 17.4 Å². The molecule has 0 unspecified atom stereocenters. The Bertz CT molecular complexity index is 772. The molecule has 1 aromatic carbocycles. The molecule has 0 fully saturated rings. The lowest BCUT2D eigenvalue weighted by Crippen LogP contribution is -1.89. The molecule has 0 spiro atoms. The van der Waals surface area contributed by atoms with E-state index in [1.165, 1.54) is 0 Å². The number of H-pyrrole nitrogens is 1. The number of benzene rings is 1. The number of nitrogens with two attached hydrogens (primary N) is 1. The van der Waals surface area contributed by atoms with Crippen LogP contribution in [-0.2, 0) is 7.05 Å². The maximum absolute atomic E-state index is 6.06. The van der Waals surface area contributed by atoms with Gasteiger partial charge in [0.05, 0.1) is 17.0 Å². The minimum absolute atomic E-state index is 0.450. The van der Waals surface area contributed by atoms with E-state index < -0.39 is 0 Å². The lowest BCUT2D eigenvalue weighted by molar-refractivity contribution is 0.756. The molecule has 3 rings (SSSR count).